The van der Waals surface area contributed by atoms with E-state index in [0.717, 1.165) is 6.07 Å². The number of hydrogen-bond donors (Lipinski definition) is 2. The number of halogens is 2. The van der Waals surface area contributed by atoms with Crippen molar-refractivity contribution in [2.24, 2.45) is 5.73 Å². The first-order valence-electron chi connectivity index (χ1n) is 6.11. The molecule has 0 aliphatic heterocycles. The van der Waals surface area contributed by atoms with E-state index in [1.165, 1.54) is 31.2 Å². The van der Waals surface area contributed by atoms with E-state index in [1.54, 1.807) is 6.07 Å². The molecule has 0 saturated heterocycles. The summed E-state index contributed by atoms with van der Waals surface area (Å²) in [6.07, 6.45) is 0. The normalized spacial score (nSPS) is 11.4. The van der Waals surface area contributed by atoms with Gasteiger partial charge in [0.1, 0.15) is 11.5 Å². The lowest BCUT2D eigenvalue weighted by molar-refractivity contribution is 0.578. The Morgan fingerprint density at radius 3 is 2.57 bits per heavy atom. The van der Waals surface area contributed by atoms with Gasteiger partial charge in [-0.3, -0.25) is 4.72 Å². The van der Waals surface area contributed by atoms with Crippen LogP contribution < -0.4 is 10.5 Å². The van der Waals surface area contributed by atoms with E-state index in [9.17, 15) is 17.2 Å². The molecule has 0 unspecified atom stereocenters. The van der Waals surface area contributed by atoms with Gasteiger partial charge in [0.05, 0.1) is 4.90 Å². The van der Waals surface area contributed by atoms with E-state index < -0.39 is 27.3 Å². The molecule has 0 spiro atoms. The Labute approximate surface area is 121 Å². The number of benzene rings is 2. The first-order valence-corrected chi connectivity index (χ1v) is 7.60. The van der Waals surface area contributed by atoms with Crippen LogP contribution in [-0.2, 0) is 16.6 Å². The van der Waals surface area contributed by atoms with Gasteiger partial charge in [0.15, 0.2) is 5.82 Å². The highest BCUT2D eigenvalue weighted by Gasteiger charge is 2.20. The minimum atomic E-state index is -4.09. The molecular weight excluding hydrogens is 298 g/mol. The lowest BCUT2D eigenvalue weighted by Gasteiger charge is -2.11. The third-order valence-electron chi connectivity index (χ3n) is 2.97. The van der Waals surface area contributed by atoms with Crippen molar-refractivity contribution in [3.8, 4) is 0 Å². The molecule has 4 nitrogen and oxygen atoms in total. The predicted molar refractivity (Wildman–Crippen MR) is 76.2 cm³/mol. The fraction of sp³-hybridized carbons (Fsp3) is 0.143. The van der Waals surface area contributed by atoms with Crippen molar-refractivity contribution in [3.63, 3.8) is 0 Å². The van der Waals surface area contributed by atoms with Gasteiger partial charge in [-0.25, -0.2) is 17.2 Å². The molecule has 0 heterocycles. The number of hydrogen-bond acceptors (Lipinski definition) is 3. The van der Waals surface area contributed by atoms with Crippen molar-refractivity contribution in [2.45, 2.75) is 18.4 Å². The Morgan fingerprint density at radius 1 is 1.19 bits per heavy atom. The zero-order chi connectivity index (χ0) is 15.6. The summed E-state index contributed by atoms with van der Waals surface area (Å²) in [7, 11) is -4.09. The number of rotatable bonds is 4. The van der Waals surface area contributed by atoms with Crippen LogP contribution in [0.2, 0.25) is 0 Å². The van der Waals surface area contributed by atoms with Crippen LogP contribution in [-0.4, -0.2) is 8.42 Å². The summed E-state index contributed by atoms with van der Waals surface area (Å²) in [5.74, 6) is -1.91. The van der Waals surface area contributed by atoms with E-state index in [2.05, 4.69) is 0 Å². The highest BCUT2D eigenvalue weighted by molar-refractivity contribution is 7.92. The molecule has 0 bridgehead atoms. The third-order valence-corrected chi connectivity index (χ3v) is 4.31. The van der Waals surface area contributed by atoms with E-state index in [1.807, 2.05) is 4.72 Å². The summed E-state index contributed by atoms with van der Waals surface area (Å²) in [6, 6.07) is 8.09. The van der Waals surface area contributed by atoms with Crippen LogP contribution in [0.3, 0.4) is 0 Å². The van der Waals surface area contributed by atoms with Crippen LogP contribution >= 0.6 is 0 Å². The summed E-state index contributed by atoms with van der Waals surface area (Å²) < 4.78 is 53.8. The summed E-state index contributed by atoms with van der Waals surface area (Å²) in [6.45, 7) is 1.58. The van der Waals surface area contributed by atoms with Crippen LogP contribution in [0.25, 0.3) is 0 Å². The minimum absolute atomic E-state index is 0.106. The third kappa shape index (κ3) is 3.20. The molecule has 7 heteroatoms. The molecule has 0 aromatic heterocycles. The number of anilines is 1. The average molecular weight is 312 g/mol. The molecular formula is C14H14F2N2O2S. The maximum atomic E-state index is 13.9. The first-order chi connectivity index (χ1) is 9.85. The molecule has 2 aromatic rings. The molecule has 0 atom stereocenters. The van der Waals surface area contributed by atoms with Crippen molar-refractivity contribution >= 4 is 15.7 Å². The standard InChI is InChI=1S/C14H14F2N2O2S/c1-9-5-6-12(15)14(13(9)16)18-21(19,20)11-4-2-3-10(7-11)8-17/h2-7,18H,8,17H2,1H3. The second kappa shape index (κ2) is 5.79. The van der Waals surface area contributed by atoms with Crippen molar-refractivity contribution in [3.05, 3.63) is 59.2 Å². The molecule has 0 aliphatic rings. The van der Waals surface area contributed by atoms with E-state index in [4.69, 9.17) is 5.73 Å². The molecule has 112 valence electrons. The second-order valence-corrected chi connectivity index (χ2v) is 6.19. The Hall–Kier alpha value is -1.99. The highest BCUT2D eigenvalue weighted by Crippen LogP contribution is 2.25. The summed E-state index contributed by atoms with van der Waals surface area (Å²) in [4.78, 5) is -0.106. The first kappa shape index (κ1) is 15.4. The monoisotopic (exact) mass is 312 g/mol. The number of nitrogens with two attached hydrogens (primary N) is 1. The van der Waals surface area contributed by atoms with Gasteiger partial charge in [0.2, 0.25) is 0 Å². The summed E-state index contributed by atoms with van der Waals surface area (Å²) >= 11 is 0. The quantitative estimate of drug-likeness (QED) is 0.911. The van der Waals surface area contributed by atoms with E-state index in [0.29, 0.717) is 5.56 Å². The molecule has 2 aromatic carbocycles. The van der Waals surface area contributed by atoms with Crippen LogP contribution in [0.15, 0.2) is 41.3 Å². The topological polar surface area (TPSA) is 72.2 Å². The van der Waals surface area contributed by atoms with Gasteiger partial charge in [-0.1, -0.05) is 18.2 Å². The maximum absolute atomic E-state index is 13.9. The lowest BCUT2D eigenvalue weighted by Crippen LogP contribution is -2.16. The lowest BCUT2D eigenvalue weighted by atomic mass is 10.2. The van der Waals surface area contributed by atoms with Gasteiger partial charge in [0, 0.05) is 6.54 Å². The zero-order valence-electron chi connectivity index (χ0n) is 11.2. The Kier molecular flexibility index (Phi) is 4.24. The summed E-state index contributed by atoms with van der Waals surface area (Å²) in [5.41, 5.74) is 5.50. The fourth-order valence-corrected chi connectivity index (χ4v) is 2.92. The molecule has 3 N–H and O–H groups in total. The molecule has 0 saturated carbocycles. The Morgan fingerprint density at radius 2 is 1.90 bits per heavy atom. The van der Waals surface area contributed by atoms with E-state index >= 15 is 0 Å². The van der Waals surface area contributed by atoms with Crippen molar-refractivity contribution in [1.82, 2.24) is 0 Å². The van der Waals surface area contributed by atoms with Crippen molar-refractivity contribution in [2.75, 3.05) is 4.72 Å². The molecule has 0 aliphatic carbocycles. The maximum Gasteiger partial charge on any atom is 0.262 e. The van der Waals surface area contributed by atoms with Gasteiger partial charge in [-0.2, -0.15) is 0 Å². The van der Waals surface area contributed by atoms with Gasteiger partial charge in [0.25, 0.3) is 10.0 Å². The molecule has 21 heavy (non-hydrogen) atoms. The van der Waals surface area contributed by atoms with Crippen LogP contribution in [0.1, 0.15) is 11.1 Å². The Balaban J connectivity index is 2.45. The summed E-state index contributed by atoms with van der Waals surface area (Å²) in [5, 5.41) is 0. The van der Waals surface area contributed by atoms with Gasteiger partial charge < -0.3 is 5.73 Å². The van der Waals surface area contributed by atoms with Gasteiger partial charge >= 0.3 is 0 Å². The molecule has 0 amide bonds. The predicted octanol–water partition coefficient (Wildman–Crippen LogP) is 2.53. The van der Waals surface area contributed by atoms with Crippen molar-refractivity contribution < 1.29 is 17.2 Å². The second-order valence-electron chi connectivity index (χ2n) is 4.51. The van der Waals surface area contributed by atoms with Gasteiger partial charge in [-0.15, -0.1) is 0 Å². The molecule has 0 fully saturated rings. The average Bonchev–Trinajstić information content (AvgIpc) is 2.48. The zero-order valence-corrected chi connectivity index (χ0v) is 12.0. The fourth-order valence-electron chi connectivity index (χ4n) is 1.78. The van der Waals surface area contributed by atoms with E-state index in [-0.39, 0.29) is 17.0 Å². The number of aryl methyl sites for hydroxylation is 1. The SMILES string of the molecule is Cc1ccc(F)c(NS(=O)(=O)c2cccc(CN)c2)c1F. The Bertz CT molecular complexity index is 777. The molecule has 2 rings (SSSR count). The number of nitrogens with one attached hydrogen (secondary N) is 1. The van der Waals surface area contributed by atoms with Crippen molar-refractivity contribution in [1.29, 1.82) is 0 Å². The van der Waals surface area contributed by atoms with Crippen LogP contribution in [0.4, 0.5) is 14.5 Å². The smallest absolute Gasteiger partial charge is 0.262 e. The van der Waals surface area contributed by atoms with Crippen LogP contribution in [0, 0.1) is 18.6 Å². The highest BCUT2D eigenvalue weighted by atomic mass is 32.2. The number of sulfonamides is 1. The van der Waals surface area contributed by atoms with Crippen LogP contribution in [0.5, 0.6) is 0 Å². The largest absolute Gasteiger partial charge is 0.326 e. The van der Waals surface area contributed by atoms with Gasteiger partial charge in [-0.05, 0) is 36.2 Å². The minimum Gasteiger partial charge on any atom is -0.326 e. The molecule has 0 radical (unpaired) electrons.